The zero-order valence-electron chi connectivity index (χ0n) is 6.20. The highest BCUT2D eigenvalue weighted by molar-refractivity contribution is 5.19. The van der Waals surface area contributed by atoms with Crippen LogP contribution in [0.3, 0.4) is 0 Å². The van der Waals surface area contributed by atoms with Crippen molar-refractivity contribution in [3.05, 3.63) is 18.0 Å². The van der Waals surface area contributed by atoms with Crippen LogP contribution in [-0.4, -0.2) is 9.78 Å². The highest BCUT2D eigenvalue weighted by atomic mass is 15.3. The van der Waals surface area contributed by atoms with E-state index in [0.29, 0.717) is 11.7 Å². The van der Waals surface area contributed by atoms with Gasteiger partial charge >= 0.3 is 0 Å². The fraction of sp³-hybridized carbons (Fsp3) is 0.500. The van der Waals surface area contributed by atoms with Crippen LogP contribution in [0.25, 0.3) is 0 Å². The monoisotopic (exact) mass is 147 g/mol. The zero-order valence-corrected chi connectivity index (χ0v) is 6.20. The summed E-state index contributed by atoms with van der Waals surface area (Å²) in [5, 5.41) is 12.8. The van der Waals surface area contributed by atoms with Crippen LogP contribution in [-0.2, 0) is 0 Å². The van der Waals surface area contributed by atoms with Crippen LogP contribution in [0.1, 0.15) is 31.0 Å². The van der Waals surface area contributed by atoms with Gasteiger partial charge in [0.2, 0.25) is 0 Å². The molecule has 0 N–H and O–H groups in total. The van der Waals surface area contributed by atoms with Crippen molar-refractivity contribution in [3.8, 4) is 6.07 Å². The smallest absolute Gasteiger partial charge is 0.138 e. The van der Waals surface area contributed by atoms with Crippen LogP contribution in [0.5, 0.6) is 0 Å². The lowest BCUT2D eigenvalue weighted by Crippen LogP contribution is -2.19. The number of rotatable bonds is 1. The molecule has 0 aromatic carbocycles. The molecular weight excluding hydrogens is 138 g/mol. The molecule has 3 nitrogen and oxygen atoms in total. The van der Waals surface area contributed by atoms with Gasteiger partial charge in [0, 0.05) is 0 Å². The summed E-state index contributed by atoms with van der Waals surface area (Å²) in [6.45, 7) is 0. The number of hydrogen-bond donors (Lipinski definition) is 0. The topological polar surface area (TPSA) is 41.6 Å². The first-order valence-corrected chi connectivity index (χ1v) is 3.85. The minimum absolute atomic E-state index is 0.500. The third-order valence-corrected chi connectivity index (χ3v) is 2.21. The predicted octanol–water partition coefficient (Wildman–Crippen LogP) is 1.48. The molecule has 0 bridgehead atoms. The Labute approximate surface area is 65.3 Å². The van der Waals surface area contributed by atoms with Gasteiger partial charge in [0.15, 0.2) is 0 Å². The molecule has 1 aromatic rings. The summed E-state index contributed by atoms with van der Waals surface area (Å²) >= 11 is 0. The Morgan fingerprint density at radius 1 is 1.64 bits per heavy atom. The molecule has 1 saturated carbocycles. The highest BCUT2D eigenvalue weighted by Crippen LogP contribution is 2.31. The Hall–Kier alpha value is -1.30. The molecule has 0 amide bonds. The van der Waals surface area contributed by atoms with Crippen molar-refractivity contribution in [2.24, 2.45) is 0 Å². The van der Waals surface area contributed by atoms with Crippen molar-refractivity contribution in [1.29, 1.82) is 5.26 Å². The standard InChI is InChI=1S/C8H9N3/c9-6-8-4-5-10-11(8)7-2-1-3-7/h4-5,7H,1-3H2. The first kappa shape index (κ1) is 6.41. The van der Waals surface area contributed by atoms with Crippen LogP contribution >= 0.6 is 0 Å². The van der Waals surface area contributed by atoms with Gasteiger partial charge in [-0.2, -0.15) is 10.4 Å². The van der Waals surface area contributed by atoms with Gasteiger partial charge in [-0.05, 0) is 25.3 Å². The van der Waals surface area contributed by atoms with E-state index in [1.165, 1.54) is 19.3 Å². The van der Waals surface area contributed by atoms with Crippen molar-refractivity contribution in [2.75, 3.05) is 0 Å². The minimum Gasteiger partial charge on any atom is -0.252 e. The van der Waals surface area contributed by atoms with Crippen molar-refractivity contribution < 1.29 is 0 Å². The highest BCUT2D eigenvalue weighted by Gasteiger charge is 2.21. The van der Waals surface area contributed by atoms with Gasteiger partial charge in [-0.25, -0.2) is 0 Å². The quantitative estimate of drug-likeness (QED) is 0.603. The molecule has 0 unspecified atom stereocenters. The summed E-state index contributed by atoms with van der Waals surface area (Å²) in [5.41, 5.74) is 0.690. The van der Waals surface area contributed by atoms with Crippen LogP contribution in [0, 0.1) is 11.3 Å². The molecule has 0 saturated heterocycles. The van der Waals surface area contributed by atoms with Gasteiger partial charge in [-0.15, -0.1) is 0 Å². The molecule has 3 heteroatoms. The largest absolute Gasteiger partial charge is 0.252 e. The van der Waals surface area contributed by atoms with E-state index in [9.17, 15) is 0 Å². The summed E-state index contributed by atoms with van der Waals surface area (Å²) in [6.07, 6.45) is 5.32. The average molecular weight is 147 g/mol. The Morgan fingerprint density at radius 3 is 3.00 bits per heavy atom. The van der Waals surface area contributed by atoms with E-state index < -0.39 is 0 Å². The van der Waals surface area contributed by atoms with Crippen molar-refractivity contribution in [2.45, 2.75) is 25.3 Å². The van der Waals surface area contributed by atoms with Gasteiger partial charge < -0.3 is 0 Å². The van der Waals surface area contributed by atoms with E-state index in [1.54, 1.807) is 12.3 Å². The van der Waals surface area contributed by atoms with Gasteiger partial charge in [0.1, 0.15) is 11.8 Å². The van der Waals surface area contributed by atoms with Crippen LogP contribution in [0.2, 0.25) is 0 Å². The predicted molar refractivity (Wildman–Crippen MR) is 39.8 cm³/mol. The fourth-order valence-electron chi connectivity index (χ4n) is 1.33. The SMILES string of the molecule is N#Cc1ccnn1C1CCC1. The summed E-state index contributed by atoms with van der Waals surface area (Å²) < 4.78 is 1.84. The maximum atomic E-state index is 8.66. The maximum Gasteiger partial charge on any atom is 0.138 e. The van der Waals surface area contributed by atoms with Gasteiger partial charge in [0.05, 0.1) is 12.2 Å². The molecule has 1 aromatic heterocycles. The number of hydrogen-bond acceptors (Lipinski definition) is 2. The summed E-state index contributed by atoms with van der Waals surface area (Å²) in [7, 11) is 0. The van der Waals surface area contributed by atoms with Gasteiger partial charge in [-0.1, -0.05) is 0 Å². The Morgan fingerprint density at radius 2 is 2.45 bits per heavy atom. The van der Waals surface area contributed by atoms with E-state index >= 15 is 0 Å². The molecule has 0 spiro atoms. The molecule has 56 valence electrons. The molecule has 0 aliphatic heterocycles. The Bertz CT molecular complexity index is 291. The third kappa shape index (κ3) is 0.911. The summed E-state index contributed by atoms with van der Waals surface area (Å²) in [5.74, 6) is 0. The van der Waals surface area contributed by atoms with Crippen LogP contribution in [0.15, 0.2) is 12.3 Å². The lowest BCUT2D eigenvalue weighted by atomic mass is 9.93. The number of nitriles is 1. The van der Waals surface area contributed by atoms with Crippen molar-refractivity contribution in [3.63, 3.8) is 0 Å². The first-order chi connectivity index (χ1) is 5.42. The van der Waals surface area contributed by atoms with E-state index in [-0.39, 0.29) is 0 Å². The van der Waals surface area contributed by atoms with E-state index in [0.717, 1.165) is 0 Å². The minimum atomic E-state index is 0.500. The molecule has 1 heterocycles. The summed E-state index contributed by atoms with van der Waals surface area (Å²) in [6, 6.07) is 4.39. The molecule has 1 aliphatic carbocycles. The normalized spacial score (nSPS) is 17.4. The molecule has 1 aliphatic rings. The van der Waals surface area contributed by atoms with Gasteiger partial charge in [-0.3, -0.25) is 4.68 Å². The van der Waals surface area contributed by atoms with E-state index in [1.807, 2.05) is 4.68 Å². The second-order valence-electron chi connectivity index (χ2n) is 2.86. The molecule has 0 radical (unpaired) electrons. The van der Waals surface area contributed by atoms with E-state index in [2.05, 4.69) is 11.2 Å². The average Bonchev–Trinajstić information content (AvgIpc) is 2.32. The van der Waals surface area contributed by atoms with Gasteiger partial charge in [0.25, 0.3) is 0 Å². The van der Waals surface area contributed by atoms with Crippen molar-refractivity contribution in [1.82, 2.24) is 9.78 Å². The molecule has 1 fully saturated rings. The third-order valence-electron chi connectivity index (χ3n) is 2.21. The second-order valence-corrected chi connectivity index (χ2v) is 2.86. The molecular formula is C8H9N3. The lowest BCUT2D eigenvalue weighted by molar-refractivity contribution is 0.287. The fourth-order valence-corrected chi connectivity index (χ4v) is 1.33. The Kier molecular flexibility index (Phi) is 1.39. The lowest BCUT2D eigenvalue weighted by Gasteiger charge is -2.25. The molecule has 2 rings (SSSR count). The first-order valence-electron chi connectivity index (χ1n) is 3.85. The zero-order chi connectivity index (χ0) is 7.68. The number of aromatic nitrogens is 2. The molecule has 0 atom stereocenters. The molecule has 11 heavy (non-hydrogen) atoms. The maximum absolute atomic E-state index is 8.66. The van der Waals surface area contributed by atoms with Crippen LogP contribution < -0.4 is 0 Å². The Balaban J connectivity index is 2.29. The van der Waals surface area contributed by atoms with Crippen molar-refractivity contribution >= 4 is 0 Å². The summed E-state index contributed by atoms with van der Waals surface area (Å²) in [4.78, 5) is 0. The number of nitrogens with zero attached hydrogens (tertiary/aromatic N) is 3. The second kappa shape index (κ2) is 2.39. The van der Waals surface area contributed by atoms with E-state index in [4.69, 9.17) is 5.26 Å². The van der Waals surface area contributed by atoms with Crippen LogP contribution in [0.4, 0.5) is 0 Å².